The minimum Gasteiger partial charge on any atom is -0.488 e. The monoisotopic (exact) mass is 396 g/mol. The Hall–Kier alpha value is -2.49. The molecule has 0 aliphatic carbocycles. The molecule has 2 aliphatic heterocycles. The summed E-state index contributed by atoms with van der Waals surface area (Å²) in [5.74, 6) is 0.784. The molecule has 0 saturated carbocycles. The lowest BCUT2D eigenvalue weighted by Crippen LogP contribution is -2.34. The molecule has 1 aromatic heterocycles. The third-order valence-electron chi connectivity index (χ3n) is 4.88. The molecule has 1 fully saturated rings. The smallest absolute Gasteiger partial charge is 0.208 e. The Morgan fingerprint density at radius 2 is 2.11 bits per heavy atom. The quantitative estimate of drug-likeness (QED) is 0.312. The highest BCUT2D eigenvalue weighted by molar-refractivity contribution is 7.96. The van der Waals surface area contributed by atoms with Crippen LogP contribution in [-0.2, 0) is 6.61 Å². The molecule has 1 aromatic carbocycles. The summed E-state index contributed by atoms with van der Waals surface area (Å²) in [4.78, 5) is 10.4. The van der Waals surface area contributed by atoms with Gasteiger partial charge in [0.1, 0.15) is 12.4 Å². The van der Waals surface area contributed by atoms with Gasteiger partial charge in [-0.1, -0.05) is 23.2 Å². The first-order valence-electron chi connectivity index (χ1n) is 8.67. The number of aliphatic imine (C=N–C) groups is 1. The van der Waals surface area contributed by atoms with Gasteiger partial charge in [-0.25, -0.2) is 0 Å². The molecule has 4 rings (SSSR count). The predicted molar refractivity (Wildman–Crippen MR) is 109 cm³/mol. The van der Waals surface area contributed by atoms with Crippen molar-refractivity contribution in [2.24, 2.45) is 4.99 Å². The highest BCUT2D eigenvalue weighted by Gasteiger charge is 2.26. The number of rotatable bonds is 0. The number of hydrogen-bond donors (Lipinski definition) is 1. The second kappa shape index (κ2) is 7.63. The maximum Gasteiger partial charge on any atom is 0.208 e. The van der Waals surface area contributed by atoms with E-state index in [-0.39, 0.29) is 0 Å². The van der Waals surface area contributed by atoms with Gasteiger partial charge in [-0.15, -0.1) is 17.6 Å². The van der Waals surface area contributed by atoms with Crippen molar-refractivity contribution in [3.05, 3.63) is 63.9 Å². The Bertz CT molecular complexity index is 986. The number of benzene rings is 1. The Balaban J connectivity index is 1.79. The molecule has 3 heterocycles. The molecule has 0 radical (unpaired) electrons. The number of piperidine rings is 1. The van der Waals surface area contributed by atoms with Crippen LogP contribution in [0.15, 0.2) is 47.1 Å². The van der Waals surface area contributed by atoms with Gasteiger partial charge in [0.05, 0.1) is 5.69 Å². The third-order valence-corrected chi connectivity index (χ3v) is 5.50. The van der Waals surface area contributed by atoms with Crippen molar-refractivity contribution >= 4 is 35.0 Å². The molecule has 1 saturated heterocycles. The van der Waals surface area contributed by atoms with E-state index in [1.165, 1.54) is 5.57 Å². The van der Waals surface area contributed by atoms with Crippen molar-refractivity contribution in [1.29, 1.82) is 5.26 Å². The summed E-state index contributed by atoms with van der Waals surface area (Å²) in [7, 11) is 0. The molecule has 136 valence electrons. The summed E-state index contributed by atoms with van der Waals surface area (Å²) in [5.41, 5.74) is 5.51. The van der Waals surface area contributed by atoms with Gasteiger partial charge in [-0.2, -0.15) is 5.26 Å². The number of halogens is 1. The molecule has 2 aromatic rings. The van der Waals surface area contributed by atoms with Crippen LogP contribution >= 0.6 is 24.2 Å². The number of hydrogen-bond acceptors (Lipinski definition) is 4. The van der Waals surface area contributed by atoms with Crippen LogP contribution in [0.2, 0.25) is 5.02 Å². The van der Waals surface area contributed by atoms with E-state index in [2.05, 4.69) is 28.7 Å². The van der Waals surface area contributed by atoms with E-state index < -0.39 is 0 Å². The summed E-state index contributed by atoms with van der Waals surface area (Å²) in [6, 6.07) is 9.75. The van der Waals surface area contributed by atoms with Crippen LogP contribution in [0.4, 0.5) is 0 Å². The van der Waals surface area contributed by atoms with Crippen LogP contribution in [0.3, 0.4) is 0 Å². The van der Waals surface area contributed by atoms with Gasteiger partial charge in [0.15, 0.2) is 5.17 Å². The van der Waals surface area contributed by atoms with E-state index in [0.717, 1.165) is 54.1 Å². The van der Waals surface area contributed by atoms with Crippen molar-refractivity contribution in [3.63, 3.8) is 0 Å². The standard InChI is InChI=1S/C20H17ClN4OS/c21-15-3-4-16-17(10-15)26-11-14-2-1-7-23-19(14)18(16)13-5-8-25(9-6-13)20(27)24-12-22/h1-4,7,10H,5-6,8-9,11H2,(H,24,27). The number of amidine groups is 1. The average molecular weight is 397 g/mol. The molecule has 7 heteroatoms. The van der Waals surface area contributed by atoms with E-state index in [4.69, 9.17) is 21.6 Å². The zero-order chi connectivity index (χ0) is 18.8. The molecule has 0 unspecified atom stereocenters. The van der Waals surface area contributed by atoms with Gasteiger partial charge in [0.2, 0.25) is 6.19 Å². The van der Waals surface area contributed by atoms with Crippen LogP contribution in [0.25, 0.3) is 5.57 Å². The second-order valence-corrected chi connectivity index (χ2v) is 7.25. The van der Waals surface area contributed by atoms with Crippen molar-refractivity contribution in [2.75, 3.05) is 13.1 Å². The molecule has 0 amide bonds. The second-order valence-electron chi connectivity index (χ2n) is 6.42. The fraction of sp³-hybridized carbons (Fsp3) is 0.250. The highest BCUT2D eigenvalue weighted by atomic mass is 35.5. The molecule has 2 aliphatic rings. The van der Waals surface area contributed by atoms with E-state index >= 15 is 0 Å². The fourth-order valence-electron chi connectivity index (χ4n) is 3.59. The Labute approximate surface area is 168 Å². The van der Waals surface area contributed by atoms with Crippen LogP contribution in [0.5, 0.6) is 5.75 Å². The molecule has 27 heavy (non-hydrogen) atoms. The molecule has 0 atom stereocenters. The van der Waals surface area contributed by atoms with Gasteiger partial charge in [-0.3, -0.25) is 4.98 Å². The van der Waals surface area contributed by atoms with Gasteiger partial charge < -0.3 is 9.64 Å². The molecule has 0 N–H and O–H groups in total. The van der Waals surface area contributed by atoms with Crippen LogP contribution in [0.1, 0.15) is 29.7 Å². The lowest BCUT2D eigenvalue weighted by Gasteiger charge is -2.30. The predicted octanol–water partition coefficient (Wildman–Crippen LogP) is 4.29. The largest absolute Gasteiger partial charge is 0.488 e. The van der Waals surface area contributed by atoms with Crippen molar-refractivity contribution in [1.82, 2.24) is 9.88 Å². The number of likely N-dealkylation sites (tertiary alicyclic amines) is 1. The lowest BCUT2D eigenvalue weighted by molar-refractivity contribution is 0.307. The Kier molecular flexibility index (Phi) is 5.06. The Morgan fingerprint density at radius 3 is 2.89 bits per heavy atom. The maximum absolute atomic E-state index is 8.74. The van der Waals surface area contributed by atoms with Crippen LogP contribution in [-0.4, -0.2) is 28.1 Å². The lowest BCUT2D eigenvalue weighted by atomic mass is 9.89. The fourth-order valence-corrected chi connectivity index (χ4v) is 3.99. The first-order chi connectivity index (χ1) is 13.2. The summed E-state index contributed by atoms with van der Waals surface area (Å²) in [6.07, 6.45) is 5.31. The Morgan fingerprint density at radius 1 is 1.30 bits per heavy atom. The summed E-state index contributed by atoms with van der Waals surface area (Å²) in [6.45, 7) is 1.98. The minimum atomic E-state index is 0.467. The molecule has 5 nitrogen and oxygen atoms in total. The van der Waals surface area contributed by atoms with Crippen LogP contribution in [0, 0.1) is 11.5 Å². The van der Waals surface area contributed by atoms with E-state index in [1.54, 1.807) is 6.19 Å². The number of ether oxygens (including phenoxy) is 1. The summed E-state index contributed by atoms with van der Waals surface area (Å²) >= 11 is 10.5. The third kappa shape index (κ3) is 3.53. The van der Waals surface area contributed by atoms with E-state index in [1.807, 2.05) is 35.4 Å². The van der Waals surface area contributed by atoms with Gasteiger partial charge >= 0.3 is 0 Å². The number of nitriles is 1. The van der Waals surface area contributed by atoms with E-state index in [9.17, 15) is 0 Å². The molecule has 0 bridgehead atoms. The van der Waals surface area contributed by atoms with Crippen LogP contribution < -0.4 is 4.74 Å². The van der Waals surface area contributed by atoms with Gasteiger partial charge in [0, 0.05) is 41.0 Å². The zero-order valence-corrected chi connectivity index (χ0v) is 16.2. The van der Waals surface area contributed by atoms with Crippen molar-refractivity contribution in [2.45, 2.75) is 19.4 Å². The highest BCUT2D eigenvalue weighted by Crippen LogP contribution is 2.41. The average Bonchev–Trinajstić information content (AvgIpc) is 2.85. The molecular weight excluding hydrogens is 380 g/mol. The maximum atomic E-state index is 8.74. The number of fused-ring (bicyclic) bond motifs is 2. The summed E-state index contributed by atoms with van der Waals surface area (Å²) in [5, 5.41) is 9.86. The zero-order valence-electron chi connectivity index (χ0n) is 14.5. The van der Waals surface area contributed by atoms with E-state index in [0.29, 0.717) is 16.8 Å². The SMILES string of the molecule is N#C/N=C(\S)N1CCC(=C2c3ccc(Cl)cc3OCc3cccnc32)CC1. The molecular formula is C20H17ClN4OS. The normalized spacial score (nSPS) is 16.8. The minimum absolute atomic E-state index is 0.467. The first-order valence-corrected chi connectivity index (χ1v) is 9.49. The van der Waals surface area contributed by atoms with Crippen molar-refractivity contribution in [3.8, 4) is 11.9 Å². The first kappa shape index (κ1) is 17.9. The summed E-state index contributed by atoms with van der Waals surface area (Å²) < 4.78 is 6.03. The van der Waals surface area contributed by atoms with Crippen molar-refractivity contribution < 1.29 is 4.74 Å². The molecule has 0 spiro atoms. The number of thiol groups is 1. The topological polar surface area (TPSA) is 61.5 Å². The number of aromatic nitrogens is 1. The number of pyridine rings is 1. The number of nitrogens with zero attached hydrogens (tertiary/aromatic N) is 4. The van der Waals surface area contributed by atoms with Gasteiger partial charge in [0.25, 0.3) is 0 Å². The van der Waals surface area contributed by atoms with Gasteiger partial charge in [-0.05, 0) is 37.1 Å².